The van der Waals surface area contributed by atoms with Crippen LogP contribution in [0.4, 0.5) is 20.6 Å². The monoisotopic (exact) mass is 196 g/mol. The van der Waals surface area contributed by atoms with E-state index in [-0.39, 0.29) is 18.0 Å². The van der Waals surface area contributed by atoms with Gasteiger partial charge in [-0.05, 0) is 12.1 Å². The first-order chi connectivity index (χ1) is 6.70. The molecule has 0 radical (unpaired) electrons. The Hall–Kier alpha value is -1.78. The normalized spacial score (nSPS) is 15.8. The Balaban J connectivity index is 2.44. The molecule has 2 N–H and O–H groups in total. The molecule has 74 valence electrons. The molecule has 0 unspecified atom stereocenters. The number of hydrogen-bond donors (Lipinski definition) is 1. The Morgan fingerprint density at radius 3 is 2.86 bits per heavy atom. The fourth-order valence-electron chi connectivity index (χ4n) is 1.41. The first kappa shape index (κ1) is 8.80. The molecule has 1 amide bonds. The first-order valence-corrected chi connectivity index (χ1v) is 4.18. The largest absolute Gasteiger partial charge is 0.447 e. The summed E-state index contributed by atoms with van der Waals surface area (Å²) in [6.45, 7) is 0.608. The molecule has 1 fully saturated rings. The molecule has 1 saturated heterocycles. The first-order valence-electron chi connectivity index (χ1n) is 4.18. The predicted octanol–water partition coefficient (Wildman–Crippen LogP) is 1.36. The third-order valence-electron chi connectivity index (χ3n) is 2.05. The van der Waals surface area contributed by atoms with Gasteiger partial charge in [-0.25, -0.2) is 9.18 Å². The molecule has 1 aliphatic rings. The maximum atomic E-state index is 13.3. The number of halogens is 1. The zero-order chi connectivity index (χ0) is 10.1. The van der Waals surface area contributed by atoms with Crippen LogP contribution in [0.15, 0.2) is 18.2 Å². The van der Waals surface area contributed by atoms with Crippen LogP contribution < -0.4 is 10.6 Å². The lowest BCUT2D eigenvalue weighted by Crippen LogP contribution is -2.25. The Kier molecular flexibility index (Phi) is 1.99. The van der Waals surface area contributed by atoms with Crippen molar-refractivity contribution in [1.82, 2.24) is 0 Å². The van der Waals surface area contributed by atoms with Crippen molar-refractivity contribution in [3.05, 3.63) is 24.0 Å². The number of nitrogens with two attached hydrogens (primary N) is 1. The third kappa shape index (κ3) is 1.26. The number of rotatable bonds is 1. The molecule has 0 spiro atoms. The fraction of sp³-hybridized carbons (Fsp3) is 0.222. The summed E-state index contributed by atoms with van der Waals surface area (Å²) in [5.74, 6) is -0.510. The molecular formula is C9H9FN2O2. The van der Waals surface area contributed by atoms with Crippen LogP contribution in [0.3, 0.4) is 0 Å². The van der Waals surface area contributed by atoms with Gasteiger partial charge < -0.3 is 10.5 Å². The molecule has 4 nitrogen and oxygen atoms in total. The van der Waals surface area contributed by atoms with Crippen molar-refractivity contribution in [2.75, 3.05) is 23.8 Å². The van der Waals surface area contributed by atoms with Gasteiger partial charge in [-0.2, -0.15) is 0 Å². The number of carbonyl (C=O) groups is 1. The lowest BCUT2D eigenvalue weighted by atomic mass is 10.2. The molecule has 2 rings (SSSR count). The van der Waals surface area contributed by atoms with E-state index in [2.05, 4.69) is 0 Å². The Bertz CT molecular complexity index is 361. The van der Waals surface area contributed by atoms with Crippen LogP contribution in [-0.4, -0.2) is 19.2 Å². The molecule has 0 bridgehead atoms. The molecule has 0 aliphatic carbocycles. The molecule has 0 saturated carbocycles. The van der Waals surface area contributed by atoms with E-state index >= 15 is 0 Å². The zero-order valence-corrected chi connectivity index (χ0v) is 7.37. The number of anilines is 2. The zero-order valence-electron chi connectivity index (χ0n) is 7.37. The van der Waals surface area contributed by atoms with Gasteiger partial charge in [0.15, 0.2) is 0 Å². The third-order valence-corrected chi connectivity index (χ3v) is 2.05. The average Bonchev–Trinajstić information content (AvgIpc) is 2.52. The second-order valence-electron chi connectivity index (χ2n) is 2.94. The van der Waals surface area contributed by atoms with Gasteiger partial charge in [0, 0.05) is 0 Å². The number of nitrogen functional groups attached to an aromatic ring is 1. The lowest BCUT2D eigenvalue weighted by molar-refractivity contribution is 0.181. The maximum absolute atomic E-state index is 13.3. The minimum absolute atomic E-state index is 0.106. The van der Waals surface area contributed by atoms with Gasteiger partial charge in [0.1, 0.15) is 18.1 Å². The van der Waals surface area contributed by atoms with Crippen molar-refractivity contribution < 1.29 is 13.9 Å². The summed E-state index contributed by atoms with van der Waals surface area (Å²) in [7, 11) is 0. The Morgan fingerprint density at radius 1 is 1.50 bits per heavy atom. The summed E-state index contributed by atoms with van der Waals surface area (Å²) in [6.07, 6.45) is -0.554. The summed E-state index contributed by atoms with van der Waals surface area (Å²) in [4.78, 5) is 12.4. The van der Waals surface area contributed by atoms with Crippen molar-refractivity contribution in [3.8, 4) is 0 Å². The van der Waals surface area contributed by atoms with Gasteiger partial charge in [-0.3, -0.25) is 4.90 Å². The summed E-state index contributed by atoms with van der Waals surface area (Å²) in [5.41, 5.74) is 5.92. The van der Waals surface area contributed by atoms with Gasteiger partial charge in [-0.15, -0.1) is 0 Å². The number of cyclic esters (lactones) is 1. The van der Waals surface area contributed by atoms with Gasteiger partial charge in [0.05, 0.1) is 12.2 Å². The Morgan fingerprint density at radius 2 is 2.29 bits per heavy atom. The molecule has 1 aromatic carbocycles. The summed E-state index contributed by atoms with van der Waals surface area (Å²) < 4.78 is 18.0. The van der Waals surface area contributed by atoms with Crippen molar-refractivity contribution in [1.29, 1.82) is 0 Å². The number of ether oxygens (including phenoxy) is 1. The number of nitrogens with zero attached hydrogens (tertiary/aromatic N) is 1. The second kappa shape index (κ2) is 3.17. The van der Waals surface area contributed by atoms with E-state index < -0.39 is 11.9 Å². The highest BCUT2D eigenvalue weighted by molar-refractivity contribution is 5.93. The summed E-state index contributed by atoms with van der Waals surface area (Å²) >= 11 is 0. The molecule has 0 atom stereocenters. The molecule has 0 aromatic heterocycles. The minimum atomic E-state index is -0.554. The van der Waals surface area contributed by atoms with Crippen molar-refractivity contribution in [2.24, 2.45) is 0 Å². The number of carbonyl (C=O) groups excluding carboxylic acids is 1. The van der Waals surface area contributed by atoms with Crippen molar-refractivity contribution in [3.63, 3.8) is 0 Å². The van der Waals surface area contributed by atoms with Crippen LogP contribution in [0.1, 0.15) is 0 Å². The van der Waals surface area contributed by atoms with Crippen LogP contribution in [-0.2, 0) is 4.74 Å². The highest BCUT2D eigenvalue weighted by Gasteiger charge is 2.27. The average molecular weight is 196 g/mol. The maximum Gasteiger partial charge on any atom is 0.414 e. The number of para-hydroxylation sites is 1. The molecule has 5 heteroatoms. The van der Waals surface area contributed by atoms with Gasteiger partial charge in [0.25, 0.3) is 0 Å². The van der Waals surface area contributed by atoms with E-state index in [0.717, 1.165) is 0 Å². The summed E-state index contributed by atoms with van der Waals surface area (Å²) in [5, 5.41) is 0. The van der Waals surface area contributed by atoms with E-state index in [1.807, 2.05) is 0 Å². The van der Waals surface area contributed by atoms with Crippen LogP contribution in [0.5, 0.6) is 0 Å². The van der Waals surface area contributed by atoms with E-state index in [4.69, 9.17) is 10.5 Å². The molecule has 1 heterocycles. The lowest BCUT2D eigenvalue weighted by Gasteiger charge is -2.15. The standard InChI is InChI=1S/C9H9FN2O2/c10-6-2-1-3-7(11)8(6)12-4-5-14-9(12)13/h1-3H,4-5,11H2. The molecular weight excluding hydrogens is 187 g/mol. The van der Waals surface area contributed by atoms with Crippen LogP contribution in [0, 0.1) is 5.82 Å². The van der Waals surface area contributed by atoms with Crippen LogP contribution in [0.2, 0.25) is 0 Å². The van der Waals surface area contributed by atoms with E-state index in [0.29, 0.717) is 6.54 Å². The van der Waals surface area contributed by atoms with Crippen LogP contribution in [0.25, 0.3) is 0 Å². The minimum Gasteiger partial charge on any atom is -0.447 e. The number of hydrogen-bond acceptors (Lipinski definition) is 3. The van der Waals surface area contributed by atoms with E-state index in [9.17, 15) is 9.18 Å². The molecule has 1 aromatic rings. The Labute approximate surface area is 80.1 Å². The van der Waals surface area contributed by atoms with Gasteiger partial charge in [0.2, 0.25) is 0 Å². The SMILES string of the molecule is Nc1cccc(F)c1N1CCOC1=O. The van der Waals surface area contributed by atoms with Gasteiger partial charge in [-0.1, -0.05) is 6.07 Å². The number of benzene rings is 1. The molecule has 1 aliphatic heterocycles. The second-order valence-corrected chi connectivity index (χ2v) is 2.94. The fourth-order valence-corrected chi connectivity index (χ4v) is 1.41. The highest BCUT2D eigenvalue weighted by atomic mass is 19.1. The van der Waals surface area contributed by atoms with Crippen LogP contribution >= 0.6 is 0 Å². The predicted molar refractivity (Wildman–Crippen MR) is 49.5 cm³/mol. The quantitative estimate of drug-likeness (QED) is 0.690. The smallest absolute Gasteiger partial charge is 0.414 e. The molecule has 14 heavy (non-hydrogen) atoms. The number of amides is 1. The van der Waals surface area contributed by atoms with E-state index in [1.165, 1.54) is 17.0 Å². The summed E-state index contributed by atoms with van der Waals surface area (Å²) in [6, 6.07) is 4.30. The topological polar surface area (TPSA) is 55.6 Å². The van der Waals surface area contributed by atoms with Crippen molar-refractivity contribution >= 4 is 17.5 Å². The van der Waals surface area contributed by atoms with Crippen molar-refractivity contribution in [2.45, 2.75) is 0 Å². The van der Waals surface area contributed by atoms with E-state index in [1.54, 1.807) is 6.07 Å². The van der Waals surface area contributed by atoms with Gasteiger partial charge >= 0.3 is 6.09 Å². The highest BCUT2D eigenvalue weighted by Crippen LogP contribution is 2.28.